The van der Waals surface area contributed by atoms with E-state index in [9.17, 15) is 8.78 Å². The maximum Gasteiger partial charge on any atom is 0.164 e. The van der Waals surface area contributed by atoms with E-state index in [0.717, 1.165) is 39.0 Å². The molecular weight excluding hydrogens is 651 g/mol. The van der Waals surface area contributed by atoms with Crippen LogP contribution in [0.2, 0.25) is 0 Å². The Balaban J connectivity index is 1.18. The second-order valence-corrected chi connectivity index (χ2v) is 12.9. The maximum absolute atomic E-state index is 14.4. The van der Waals surface area contributed by atoms with Gasteiger partial charge >= 0.3 is 0 Å². The minimum absolute atomic E-state index is 0.285. The van der Waals surface area contributed by atoms with Crippen molar-refractivity contribution in [2.24, 2.45) is 15.9 Å². The normalized spacial score (nSPS) is 18.4. The smallest absolute Gasteiger partial charge is 0.164 e. The van der Waals surface area contributed by atoms with Gasteiger partial charge in [0.05, 0.1) is 0 Å². The number of rotatable bonds is 7. The van der Waals surface area contributed by atoms with Crippen molar-refractivity contribution in [2.45, 2.75) is 19.3 Å². The largest absolute Gasteiger partial charge is 0.333 e. The Kier molecular flexibility index (Phi) is 8.87. The van der Waals surface area contributed by atoms with Crippen LogP contribution in [0.5, 0.6) is 0 Å². The molecule has 2 heterocycles. The fourth-order valence-corrected chi connectivity index (χ4v) is 6.45. The molecule has 0 bridgehead atoms. The number of amidine groups is 2. The zero-order chi connectivity index (χ0) is 35.6. The fraction of sp³-hybridized carbons (Fsp3) is 0.114. The monoisotopic (exact) mass is 684 g/mol. The summed E-state index contributed by atoms with van der Waals surface area (Å²) in [6, 6.07) is 42.3. The molecule has 8 heteroatoms. The molecule has 3 unspecified atom stereocenters. The number of halogens is 2. The highest BCUT2D eigenvalue weighted by atomic mass is 19.1. The Bertz CT molecular complexity index is 2310. The zero-order valence-corrected chi connectivity index (χ0v) is 28.6. The van der Waals surface area contributed by atoms with Crippen molar-refractivity contribution in [3.63, 3.8) is 0 Å². The van der Waals surface area contributed by atoms with Gasteiger partial charge in [0.25, 0.3) is 0 Å². The van der Waals surface area contributed by atoms with E-state index in [1.165, 1.54) is 12.1 Å². The van der Waals surface area contributed by atoms with Gasteiger partial charge in [0.2, 0.25) is 0 Å². The van der Waals surface area contributed by atoms with Crippen LogP contribution in [-0.2, 0) is 0 Å². The molecular formula is C44H34F2N6. The van der Waals surface area contributed by atoms with Crippen molar-refractivity contribution in [1.29, 1.82) is 0 Å². The summed E-state index contributed by atoms with van der Waals surface area (Å²) in [7, 11) is 1.94. The van der Waals surface area contributed by atoms with Crippen LogP contribution in [-0.4, -0.2) is 50.9 Å². The van der Waals surface area contributed by atoms with E-state index in [2.05, 4.69) is 24.3 Å². The molecule has 5 aromatic carbocycles. The standard InChI is InChI=1S/C44H34F2N6/c1-28-25-36(21-24-38(28)46)44-51-41(31-19-22-37(45)23-20-31)50-43(52(44)2)35-18-10-16-33(27-35)32-15-9-17-34(26-32)42-48-39(29-11-5-3-6-12-29)47-40(49-42)30-13-7-4-8-14-30/h3-28,38,44H,1-2H3. The van der Waals surface area contributed by atoms with Crippen LogP contribution in [0.1, 0.15) is 18.1 Å². The van der Waals surface area contributed by atoms with E-state index in [1.54, 1.807) is 24.3 Å². The van der Waals surface area contributed by atoms with E-state index < -0.39 is 12.3 Å². The van der Waals surface area contributed by atoms with Gasteiger partial charge in [-0.05, 0) is 59.2 Å². The van der Waals surface area contributed by atoms with Crippen LogP contribution in [0.4, 0.5) is 8.78 Å². The molecule has 0 amide bonds. The number of aliphatic imine (C=N–C) groups is 2. The van der Waals surface area contributed by atoms with Crippen molar-refractivity contribution >= 4 is 11.7 Å². The van der Waals surface area contributed by atoms with Crippen molar-refractivity contribution in [3.05, 3.63) is 174 Å². The molecule has 52 heavy (non-hydrogen) atoms. The first-order valence-corrected chi connectivity index (χ1v) is 17.2. The highest BCUT2D eigenvalue weighted by Crippen LogP contribution is 2.31. The van der Waals surface area contributed by atoms with Crippen LogP contribution in [0.25, 0.3) is 45.3 Å². The number of aromatic nitrogens is 3. The van der Waals surface area contributed by atoms with E-state index in [-0.39, 0.29) is 11.7 Å². The molecule has 1 aliphatic carbocycles. The highest BCUT2D eigenvalue weighted by molar-refractivity contribution is 6.13. The first-order valence-electron chi connectivity index (χ1n) is 17.2. The first-order chi connectivity index (χ1) is 25.4. The van der Waals surface area contributed by atoms with E-state index in [4.69, 9.17) is 24.9 Å². The number of alkyl halides is 1. The van der Waals surface area contributed by atoms with Gasteiger partial charge in [-0.25, -0.2) is 33.7 Å². The minimum Gasteiger partial charge on any atom is -0.333 e. The molecule has 0 spiro atoms. The third kappa shape index (κ3) is 6.71. The molecule has 8 rings (SSSR count). The Morgan fingerprint density at radius 3 is 1.69 bits per heavy atom. The van der Waals surface area contributed by atoms with E-state index in [1.807, 2.05) is 110 Å². The summed E-state index contributed by atoms with van der Waals surface area (Å²) in [4.78, 5) is 26.7. The highest BCUT2D eigenvalue weighted by Gasteiger charge is 2.30. The molecule has 2 aliphatic rings. The zero-order valence-electron chi connectivity index (χ0n) is 28.6. The quantitative estimate of drug-likeness (QED) is 0.168. The Morgan fingerprint density at radius 1 is 0.577 bits per heavy atom. The van der Waals surface area contributed by atoms with Gasteiger partial charge < -0.3 is 4.90 Å². The van der Waals surface area contributed by atoms with Crippen LogP contribution in [0.15, 0.2) is 167 Å². The Labute approximate surface area is 301 Å². The van der Waals surface area contributed by atoms with Crippen LogP contribution in [0, 0.1) is 11.7 Å². The lowest BCUT2D eigenvalue weighted by Crippen LogP contribution is -2.42. The molecule has 6 nitrogen and oxygen atoms in total. The van der Waals surface area contributed by atoms with Crippen molar-refractivity contribution in [3.8, 4) is 45.3 Å². The number of likely N-dealkylation sites (N-methyl/N-ethyl adjacent to an activating group) is 1. The molecule has 0 N–H and O–H groups in total. The average Bonchev–Trinajstić information content (AvgIpc) is 3.20. The summed E-state index contributed by atoms with van der Waals surface area (Å²) in [6.07, 6.45) is 3.81. The number of hydrogen-bond acceptors (Lipinski definition) is 6. The summed E-state index contributed by atoms with van der Waals surface area (Å²) in [5, 5.41) is 0. The SMILES string of the molecule is CC1C=C(C2N=C(c3ccc(F)cc3)N=C(c3cccc(-c4cccc(-c5nc(-c6ccccc6)nc(-c6ccccc6)n5)c4)c3)N2C)C=CC1F. The van der Waals surface area contributed by atoms with Crippen molar-refractivity contribution in [2.75, 3.05) is 7.05 Å². The molecule has 6 aromatic rings. The predicted octanol–water partition coefficient (Wildman–Crippen LogP) is 9.61. The van der Waals surface area contributed by atoms with Gasteiger partial charge in [0, 0.05) is 40.8 Å². The molecule has 3 atom stereocenters. The third-order valence-corrected chi connectivity index (χ3v) is 9.26. The van der Waals surface area contributed by atoms with Gasteiger partial charge in [-0.1, -0.05) is 116 Å². The molecule has 0 saturated heterocycles. The number of allylic oxidation sites excluding steroid dienone is 2. The average molecular weight is 685 g/mol. The Hall–Kier alpha value is -6.41. The molecule has 0 saturated carbocycles. The van der Waals surface area contributed by atoms with E-state index in [0.29, 0.717) is 34.7 Å². The Morgan fingerprint density at radius 2 is 1.10 bits per heavy atom. The van der Waals surface area contributed by atoms with Crippen molar-refractivity contribution < 1.29 is 8.78 Å². The summed E-state index contributed by atoms with van der Waals surface area (Å²) >= 11 is 0. The second-order valence-electron chi connectivity index (χ2n) is 12.9. The first kappa shape index (κ1) is 32.8. The van der Waals surface area contributed by atoms with Gasteiger partial charge in [0.1, 0.15) is 24.0 Å². The number of nitrogens with zero attached hydrogens (tertiary/aromatic N) is 6. The van der Waals surface area contributed by atoms with Gasteiger partial charge in [-0.2, -0.15) is 0 Å². The van der Waals surface area contributed by atoms with Crippen molar-refractivity contribution in [1.82, 2.24) is 19.9 Å². The molecule has 1 aliphatic heterocycles. The minimum atomic E-state index is -1.05. The van der Waals surface area contributed by atoms with Gasteiger partial charge in [0.15, 0.2) is 23.3 Å². The maximum atomic E-state index is 14.4. The van der Waals surface area contributed by atoms with E-state index >= 15 is 0 Å². The van der Waals surface area contributed by atoms with Gasteiger partial charge in [-0.3, -0.25) is 0 Å². The molecule has 254 valence electrons. The molecule has 0 radical (unpaired) electrons. The summed E-state index contributed by atoms with van der Waals surface area (Å²) in [5.74, 6) is 2.33. The summed E-state index contributed by atoms with van der Waals surface area (Å²) in [5.41, 5.74) is 7.07. The van der Waals surface area contributed by atoms with Crippen LogP contribution >= 0.6 is 0 Å². The van der Waals surface area contributed by atoms with Gasteiger partial charge in [-0.15, -0.1) is 0 Å². The summed E-state index contributed by atoms with van der Waals surface area (Å²) in [6.45, 7) is 1.86. The van der Waals surface area contributed by atoms with Crippen LogP contribution in [0.3, 0.4) is 0 Å². The molecule has 0 fully saturated rings. The van der Waals surface area contributed by atoms with Crippen LogP contribution < -0.4 is 0 Å². The second kappa shape index (κ2) is 14.1. The fourth-order valence-electron chi connectivity index (χ4n) is 6.45. The lowest BCUT2D eigenvalue weighted by atomic mass is 9.94. The summed E-state index contributed by atoms with van der Waals surface area (Å²) < 4.78 is 28.3. The predicted molar refractivity (Wildman–Crippen MR) is 204 cm³/mol. The lowest BCUT2D eigenvalue weighted by molar-refractivity contribution is 0.327. The number of hydrogen-bond donors (Lipinski definition) is 0. The topological polar surface area (TPSA) is 66.6 Å². The molecule has 1 aromatic heterocycles. The lowest BCUT2D eigenvalue weighted by Gasteiger charge is -2.34. The third-order valence-electron chi connectivity index (χ3n) is 9.26. The number of benzene rings is 5.